The number of nitro groups is 2. The third-order valence-electron chi connectivity index (χ3n) is 14.1. The number of imidazole rings is 2. The van der Waals surface area contributed by atoms with Crippen LogP contribution in [0.4, 0.5) is 11.4 Å². The van der Waals surface area contributed by atoms with Crippen molar-refractivity contribution < 1.29 is 24.1 Å². The molecule has 6 heterocycles. The van der Waals surface area contributed by atoms with Gasteiger partial charge in [-0.05, 0) is 90.8 Å². The SMILES string of the molecule is Cc1c(C)c([N+](=O)[O-])c(C=O)c2c1OC(C)(C)C2.Cc1c(C)c([N+](=O)[O-])c(CN2CCN(Cc3ccc(-n4ccnc4)cc3)CC2)c2c1OC(C)(C)C2.c1cn(-c2ccc(CN3CCNCC3)cc2)cn1. The maximum Gasteiger partial charge on any atom is 0.283 e. The molecule has 0 atom stereocenters. The molecule has 2 saturated heterocycles. The molecule has 0 aliphatic carbocycles. The monoisotopic (exact) mass is 967 g/mol. The summed E-state index contributed by atoms with van der Waals surface area (Å²) in [6.07, 6.45) is 12.9. The number of hydrogen-bond donors (Lipinski definition) is 1. The van der Waals surface area contributed by atoms with Crippen LogP contribution in [-0.4, -0.2) is 113 Å². The molecule has 0 unspecified atom stereocenters. The van der Waals surface area contributed by atoms with Crippen LogP contribution in [0.2, 0.25) is 0 Å². The second-order valence-corrected chi connectivity index (χ2v) is 20.3. The minimum atomic E-state index is -0.488. The van der Waals surface area contributed by atoms with Crippen molar-refractivity contribution in [3.05, 3.63) is 162 Å². The van der Waals surface area contributed by atoms with Gasteiger partial charge < -0.3 is 23.9 Å². The van der Waals surface area contributed by atoms with E-state index >= 15 is 0 Å². The molecule has 0 radical (unpaired) electrons. The predicted octanol–water partition coefficient (Wildman–Crippen LogP) is 8.44. The Kier molecular flexibility index (Phi) is 15.2. The van der Waals surface area contributed by atoms with E-state index in [0.717, 1.165) is 110 Å². The van der Waals surface area contributed by atoms with Gasteiger partial charge in [-0.25, -0.2) is 9.97 Å². The fourth-order valence-electron chi connectivity index (χ4n) is 10.1. The minimum Gasteiger partial charge on any atom is -0.487 e. The molecule has 6 aromatic rings. The van der Waals surface area contributed by atoms with Gasteiger partial charge in [-0.2, -0.15) is 0 Å². The van der Waals surface area contributed by atoms with Crippen molar-refractivity contribution in [3.63, 3.8) is 0 Å². The van der Waals surface area contributed by atoms with Crippen LogP contribution in [0.5, 0.6) is 11.5 Å². The average molecular weight is 967 g/mol. The first-order valence-corrected chi connectivity index (χ1v) is 24.4. The number of nitrogens with zero attached hydrogens (tertiary/aromatic N) is 9. The van der Waals surface area contributed by atoms with Crippen LogP contribution in [0, 0.1) is 47.9 Å². The molecule has 4 aliphatic rings. The first kappa shape index (κ1) is 50.6. The number of ether oxygens (including phenoxy) is 2. The lowest BCUT2D eigenvalue weighted by Crippen LogP contribution is -2.45. The summed E-state index contributed by atoms with van der Waals surface area (Å²) in [5.41, 5.74) is 9.86. The molecule has 71 heavy (non-hydrogen) atoms. The average Bonchev–Trinajstić information content (AvgIpc) is 4.19. The van der Waals surface area contributed by atoms with Crippen molar-refractivity contribution in [3.8, 4) is 22.9 Å². The molecule has 17 nitrogen and oxygen atoms in total. The van der Waals surface area contributed by atoms with Gasteiger partial charge in [0.2, 0.25) is 0 Å². The van der Waals surface area contributed by atoms with Gasteiger partial charge in [0.25, 0.3) is 11.4 Å². The van der Waals surface area contributed by atoms with Crippen LogP contribution in [-0.2, 0) is 32.5 Å². The normalized spacial score (nSPS) is 17.1. The van der Waals surface area contributed by atoms with Crippen molar-refractivity contribution >= 4 is 17.7 Å². The van der Waals surface area contributed by atoms with Crippen molar-refractivity contribution in [1.82, 2.24) is 39.1 Å². The van der Waals surface area contributed by atoms with Crippen molar-refractivity contribution in [2.75, 3.05) is 52.4 Å². The second kappa shape index (κ2) is 21.3. The van der Waals surface area contributed by atoms with Crippen molar-refractivity contribution in [1.29, 1.82) is 0 Å². The Morgan fingerprint density at radius 1 is 0.606 bits per heavy atom. The van der Waals surface area contributed by atoms with E-state index in [4.69, 9.17) is 9.47 Å². The summed E-state index contributed by atoms with van der Waals surface area (Å²) >= 11 is 0. The topological polar surface area (TPSA) is 179 Å². The highest BCUT2D eigenvalue weighted by molar-refractivity contribution is 5.88. The minimum absolute atomic E-state index is 0.0949. The first-order valence-electron chi connectivity index (χ1n) is 24.4. The molecule has 10 rings (SSSR count). The number of rotatable bonds is 11. The number of carbonyl (C=O) groups is 1. The highest BCUT2D eigenvalue weighted by Crippen LogP contribution is 2.47. The zero-order chi connectivity index (χ0) is 50.6. The maximum atomic E-state index is 12.1. The van der Waals surface area contributed by atoms with Gasteiger partial charge >= 0.3 is 0 Å². The molecule has 1 N–H and O–H groups in total. The van der Waals surface area contributed by atoms with Crippen LogP contribution in [0.3, 0.4) is 0 Å². The lowest BCUT2D eigenvalue weighted by Gasteiger charge is -2.35. The third kappa shape index (κ3) is 11.5. The molecule has 0 saturated carbocycles. The molecule has 17 heteroatoms. The zero-order valence-electron chi connectivity index (χ0n) is 42.2. The predicted molar refractivity (Wildman–Crippen MR) is 273 cm³/mol. The lowest BCUT2D eigenvalue weighted by atomic mass is 9.91. The van der Waals surface area contributed by atoms with E-state index < -0.39 is 10.5 Å². The van der Waals surface area contributed by atoms with Crippen LogP contribution >= 0.6 is 0 Å². The van der Waals surface area contributed by atoms with Gasteiger partial charge in [-0.15, -0.1) is 0 Å². The summed E-state index contributed by atoms with van der Waals surface area (Å²) in [4.78, 5) is 49.2. The molecular formula is C54H66N10O7. The summed E-state index contributed by atoms with van der Waals surface area (Å²) in [5.74, 6) is 1.48. The number of hydrogen-bond acceptors (Lipinski definition) is 13. The highest BCUT2D eigenvalue weighted by Gasteiger charge is 2.40. The number of piperazine rings is 2. The number of benzene rings is 4. The van der Waals surface area contributed by atoms with Crippen LogP contribution in [0.15, 0.2) is 86.0 Å². The fraction of sp³-hybridized carbons (Fsp3) is 0.426. The van der Waals surface area contributed by atoms with Crippen LogP contribution in [0.1, 0.15) is 88.1 Å². The molecule has 4 aliphatic heterocycles. The van der Waals surface area contributed by atoms with E-state index in [2.05, 4.69) is 92.4 Å². The number of nitro benzene ring substituents is 2. The van der Waals surface area contributed by atoms with E-state index in [-0.39, 0.29) is 27.5 Å². The van der Waals surface area contributed by atoms with Crippen LogP contribution in [0.25, 0.3) is 11.4 Å². The molecule has 374 valence electrons. The summed E-state index contributed by atoms with van der Waals surface area (Å²) in [7, 11) is 0. The van der Waals surface area contributed by atoms with Crippen molar-refractivity contribution in [2.24, 2.45) is 0 Å². The molecule has 4 aromatic carbocycles. The largest absolute Gasteiger partial charge is 0.487 e. The number of aldehydes is 1. The molecule has 0 bridgehead atoms. The van der Waals surface area contributed by atoms with Gasteiger partial charge in [-0.3, -0.25) is 39.7 Å². The number of nitrogens with one attached hydrogen (secondary N) is 1. The Balaban J connectivity index is 0.000000158. The van der Waals surface area contributed by atoms with E-state index in [9.17, 15) is 25.0 Å². The van der Waals surface area contributed by atoms with E-state index in [1.54, 1.807) is 32.6 Å². The lowest BCUT2D eigenvalue weighted by molar-refractivity contribution is -0.386. The van der Waals surface area contributed by atoms with E-state index in [1.807, 2.05) is 55.6 Å². The molecule has 2 aromatic heterocycles. The third-order valence-corrected chi connectivity index (χ3v) is 14.1. The van der Waals surface area contributed by atoms with Crippen molar-refractivity contribution in [2.45, 2.75) is 99.1 Å². The number of carbonyl (C=O) groups excluding carboxylic acids is 1. The van der Waals surface area contributed by atoms with Gasteiger partial charge in [-0.1, -0.05) is 24.3 Å². The number of aromatic nitrogens is 4. The Morgan fingerprint density at radius 3 is 1.46 bits per heavy atom. The first-order chi connectivity index (χ1) is 33.9. The smallest absolute Gasteiger partial charge is 0.283 e. The maximum absolute atomic E-state index is 12.1. The van der Waals surface area contributed by atoms with Gasteiger partial charge in [0, 0.05) is 154 Å². The highest BCUT2D eigenvalue weighted by atomic mass is 16.6. The quantitative estimate of drug-likeness (QED) is 0.0744. The van der Waals surface area contributed by atoms with Gasteiger partial charge in [0.15, 0.2) is 6.29 Å². The summed E-state index contributed by atoms with van der Waals surface area (Å²) in [6, 6.07) is 17.3. The Morgan fingerprint density at radius 2 is 1.03 bits per heavy atom. The molecule has 2 fully saturated rings. The molecular weight excluding hydrogens is 901 g/mol. The summed E-state index contributed by atoms with van der Waals surface area (Å²) < 4.78 is 16.1. The fourth-order valence-corrected chi connectivity index (χ4v) is 10.1. The number of fused-ring (bicyclic) bond motifs is 2. The Hall–Kier alpha value is -6.79. The van der Waals surface area contributed by atoms with E-state index in [0.29, 0.717) is 42.5 Å². The molecule has 0 amide bonds. The standard InChI is InChI=1S/C27H33N5O3.C14H18N4.C13H15NO4/c1-19-20(2)26-23(15-27(3,4)35-26)24(25(19)32(33)34)17-30-13-11-29(12-14-30)16-21-5-7-22(8-6-21)31-10-9-28-18-31;1-3-14(18-10-7-16-12-18)4-2-13(1)11-17-8-5-15-6-9-17;1-7-8(2)12-9(5-13(3,4)18-12)10(6-15)11(7)14(16)17/h5-10,18H,11-17H2,1-4H3;1-4,7,10,12,15H,5-6,8-9,11H2;6H,5H2,1-4H3. The van der Waals surface area contributed by atoms with E-state index in [1.165, 1.54) is 11.1 Å². The zero-order valence-corrected chi connectivity index (χ0v) is 42.2. The van der Waals surface area contributed by atoms with Gasteiger partial charge in [0.05, 0.1) is 33.6 Å². The van der Waals surface area contributed by atoms with Gasteiger partial charge in [0.1, 0.15) is 22.7 Å². The van der Waals surface area contributed by atoms with Crippen LogP contribution < -0.4 is 14.8 Å². The molecule has 0 spiro atoms. The summed E-state index contributed by atoms with van der Waals surface area (Å²) in [6.45, 7) is 25.8. The Labute approximate surface area is 415 Å². The Bertz CT molecular complexity index is 2850. The second-order valence-electron chi connectivity index (χ2n) is 20.3. The summed E-state index contributed by atoms with van der Waals surface area (Å²) in [5, 5.41) is 26.6.